The number of phenols is 1. The largest absolute Gasteiger partial charge is 0.506 e. The van der Waals surface area contributed by atoms with Gasteiger partial charge in [-0.3, -0.25) is 0 Å². The van der Waals surface area contributed by atoms with E-state index >= 15 is 0 Å². The Morgan fingerprint density at radius 1 is 0.818 bits per heavy atom. The fraction of sp³-hybridized carbons (Fsp3) is 0. The van der Waals surface area contributed by atoms with Crippen molar-refractivity contribution in [3.05, 3.63) is 66.2 Å². The van der Waals surface area contributed by atoms with Crippen molar-refractivity contribution < 1.29 is 15.0 Å². The van der Waals surface area contributed by atoms with E-state index in [0.29, 0.717) is 5.69 Å². The Balaban J connectivity index is 2.03. The first-order valence-corrected chi connectivity index (χ1v) is 6.61. The highest BCUT2D eigenvalue weighted by Gasteiger charge is 2.09. The molecule has 3 aromatic carbocycles. The summed E-state index contributed by atoms with van der Waals surface area (Å²) in [6.07, 6.45) is 0. The van der Waals surface area contributed by atoms with Crippen LogP contribution in [0.15, 0.2) is 70.9 Å². The van der Waals surface area contributed by atoms with Crippen molar-refractivity contribution in [2.75, 3.05) is 0 Å². The van der Waals surface area contributed by atoms with E-state index in [0.717, 1.165) is 10.8 Å². The third kappa shape index (κ3) is 2.64. The van der Waals surface area contributed by atoms with Gasteiger partial charge in [0.25, 0.3) is 0 Å². The zero-order valence-corrected chi connectivity index (χ0v) is 11.5. The number of fused-ring (bicyclic) bond motifs is 1. The number of benzene rings is 3. The van der Waals surface area contributed by atoms with Crippen LogP contribution < -0.4 is 0 Å². The van der Waals surface area contributed by atoms with E-state index in [9.17, 15) is 9.90 Å². The standard InChI is InChI=1S/C17H12N2O3/c20-16-10-12-6-2-1-5-11(12)9-15(16)19-18-14-8-4-3-7-13(14)17(21)22/h1-10,20H,(H,21,22). The second-order valence-corrected chi connectivity index (χ2v) is 4.71. The quantitative estimate of drug-likeness (QED) is 0.689. The number of nitrogens with zero attached hydrogens (tertiary/aromatic N) is 2. The van der Waals surface area contributed by atoms with E-state index in [1.165, 1.54) is 6.07 Å². The molecule has 0 spiro atoms. The van der Waals surface area contributed by atoms with Crippen molar-refractivity contribution >= 4 is 28.1 Å². The summed E-state index contributed by atoms with van der Waals surface area (Å²) in [5, 5.41) is 28.8. The highest BCUT2D eigenvalue weighted by Crippen LogP contribution is 2.33. The van der Waals surface area contributed by atoms with Crippen molar-refractivity contribution in [2.45, 2.75) is 0 Å². The lowest BCUT2D eigenvalue weighted by atomic mass is 10.1. The van der Waals surface area contributed by atoms with Gasteiger partial charge in [0, 0.05) is 0 Å². The molecule has 3 aromatic rings. The molecule has 0 bridgehead atoms. The number of azo groups is 1. The summed E-state index contributed by atoms with van der Waals surface area (Å²) in [7, 11) is 0. The minimum Gasteiger partial charge on any atom is -0.506 e. The van der Waals surface area contributed by atoms with Crippen LogP contribution in [-0.4, -0.2) is 16.2 Å². The molecule has 2 N–H and O–H groups in total. The van der Waals surface area contributed by atoms with Crippen molar-refractivity contribution in [3.63, 3.8) is 0 Å². The molecule has 5 heteroatoms. The lowest BCUT2D eigenvalue weighted by Crippen LogP contribution is -1.95. The van der Waals surface area contributed by atoms with Gasteiger partial charge in [0.15, 0.2) is 0 Å². The zero-order valence-electron chi connectivity index (χ0n) is 11.5. The maximum Gasteiger partial charge on any atom is 0.337 e. The topological polar surface area (TPSA) is 82.2 Å². The monoisotopic (exact) mass is 292 g/mol. The lowest BCUT2D eigenvalue weighted by Gasteiger charge is -2.02. The number of phenolic OH excluding ortho intramolecular Hbond substituents is 1. The van der Waals surface area contributed by atoms with Crippen LogP contribution in [0.3, 0.4) is 0 Å². The SMILES string of the molecule is O=C(O)c1ccccc1N=Nc1cc2ccccc2cc1O. The van der Waals surface area contributed by atoms with E-state index < -0.39 is 5.97 Å². The smallest absolute Gasteiger partial charge is 0.337 e. The van der Waals surface area contributed by atoms with Crippen molar-refractivity contribution in [1.82, 2.24) is 0 Å². The third-order valence-electron chi connectivity index (χ3n) is 3.24. The molecule has 0 atom stereocenters. The van der Waals surface area contributed by atoms with Gasteiger partial charge in [-0.05, 0) is 35.0 Å². The maximum atomic E-state index is 11.1. The molecule has 0 aliphatic rings. The average Bonchev–Trinajstić information content (AvgIpc) is 2.53. The molecule has 0 heterocycles. The molecule has 0 aliphatic heterocycles. The second kappa shape index (κ2) is 5.65. The molecule has 22 heavy (non-hydrogen) atoms. The van der Waals surface area contributed by atoms with E-state index in [4.69, 9.17) is 5.11 Å². The molecule has 108 valence electrons. The summed E-state index contributed by atoms with van der Waals surface area (Å²) in [6, 6.07) is 17.2. The Kier molecular flexibility index (Phi) is 3.53. The Hall–Kier alpha value is -3.21. The number of hydrogen-bond acceptors (Lipinski definition) is 4. The number of aromatic hydroxyl groups is 1. The molecule has 0 aromatic heterocycles. The molecule has 3 rings (SSSR count). The van der Waals surface area contributed by atoms with Crippen LogP contribution in [-0.2, 0) is 0 Å². The first-order valence-electron chi connectivity index (χ1n) is 6.61. The predicted molar refractivity (Wildman–Crippen MR) is 83.2 cm³/mol. The summed E-state index contributed by atoms with van der Waals surface area (Å²) in [5.74, 6) is -1.08. The van der Waals surface area contributed by atoms with Gasteiger partial charge in [0.05, 0.1) is 5.56 Å². The first-order chi connectivity index (χ1) is 10.6. The Morgan fingerprint density at radius 2 is 1.41 bits per heavy atom. The summed E-state index contributed by atoms with van der Waals surface area (Å²) in [5.41, 5.74) is 0.591. The normalized spacial score (nSPS) is 11.1. The third-order valence-corrected chi connectivity index (χ3v) is 3.24. The molecule has 5 nitrogen and oxygen atoms in total. The van der Waals surface area contributed by atoms with Crippen molar-refractivity contribution in [3.8, 4) is 5.75 Å². The van der Waals surface area contributed by atoms with Crippen LogP contribution in [0.25, 0.3) is 10.8 Å². The predicted octanol–water partition coefficient (Wildman–Crippen LogP) is 4.66. The van der Waals surface area contributed by atoms with Crippen LogP contribution in [0.1, 0.15) is 10.4 Å². The molecule has 0 saturated carbocycles. The second-order valence-electron chi connectivity index (χ2n) is 4.71. The number of carboxylic acid groups (broad SMARTS) is 1. The first kappa shape index (κ1) is 13.8. The van der Waals surface area contributed by atoms with E-state index in [-0.39, 0.29) is 17.0 Å². The lowest BCUT2D eigenvalue weighted by molar-refractivity contribution is 0.0697. The molecule has 0 unspecified atom stereocenters. The van der Waals surface area contributed by atoms with Crippen LogP contribution in [0.2, 0.25) is 0 Å². The van der Waals surface area contributed by atoms with Crippen molar-refractivity contribution in [2.24, 2.45) is 10.2 Å². The number of hydrogen-bond donors (Lipinski definition) is 2. The number of carbonyl (C=O) groups is 1. The summed E-state index contributed by atoms with van der Waals surface area (Å²) in [4.78, 5) is 11.1. The van der Waals surface area contributed by atoms with E-state index in [2.05, 4.69) is 10.2 Å². The number of aromatic carboxylic acids is 1. The molecular formula is C17H12N2O3. The van der Waals surface area contributed by atoms with Crippen LogP contribution in [0, 0.1) is 0 Å². The summed E-state index contributed by atoms with van der Waals surface area (Å²) < 4.78 is 0. The van der Waals surface area contributed by atoms with Gasteiger partial charge in [-0.1, -0.05) is 36.4 Å². The summed E-state index contributed by atoms with van der Waals surface area (Å²) >= 11 is 0. The fourth-order valence-corrected chi connectivity index (χ4v) is 2.15. The highest BCUT2D eigenvalue weighted by molar-refractivity contribution is 5.93. The van der Waals surface area contributed by atoms with Gasteiger partial charge < -0.3 is 10.2 Å². The minimum atomic E-state index is -1.07. The fourth-order valence-electron chi connectivity index (χ4n) is 2.15. The van der Waals surface area contributed by atoms with Gasteiger partial charge >= 0.3 is 5.97 Å². The Labute approximate surface area is 126 Å². The van der Waals surface area contributed by atoms with Crippen LogP contribution >= 0.6 is 0 Å². The van der Waals surface area contributed by atoms with E-state index in [1.807, 2.05) is 24.3 Å². The highest BCUT2D eigenvalue weighted by atomic mass is 16.4. The van der Waals surface area contributed by atoms with Gasteiger partial charge in [-0.2, -0.15) is 0 Å². The molecule has 0 aliphatic carbocycles. The van der Waals surface area contributed by atoms with E-state index in [1.54, 1.807) is 30.3 Å². The molecular weight excluding hydrogens is 280 g/mol. The van der Waals surface area contributed by atoms with Crippen LogP contribution in [0.4, 0.5) is 11.4 Å². The number of carboxylic acids is 1. The molecule has 0 saturated heterocycles. The van der Waals surface area contributed by atoms with Crippen molar-refractivity contribution in [1.29, 1.82) is 0 Å². The van der Waals surface area contributed by atoms with Gasteiger partial charge in [0.1, 0.15) is 17.1 Å². The average molecular weight is 292 g/mol. The van der Waals surface area contributed by atoms with Crippen LogP contribution in [0.5, 0.6) is 5.75 Å². The molecule has 0 fully saturated rings. The maximum absolute atomic E-state index is 11.1. The zero-order chi connectivity index (χ0) is 15.5. The van der Waals surface area contributed by atoms with Gasteiger partial charge in [-0.25, -0.2) is 4.79 Å². The van der Waals surface area contributed by atoms with Gasteiger partial charge in [-0.15, -0.1) is 10.2 Å². The Bertz CT molecular complexity index is 888. The Morgan fingerprint density at radius 3 is 2.14 bits per heavy atom. The minimum absolute atomic E-state index is 0.00439. The summed E-state index contributed by atoms with van der Waals surface area (Å²) in [6.45, 7) is 0. The number of rotatable bonds is 3. The van der Waals surface area contributed by atoms with Gasteiger partial charge in [0.2, 0.25) is 0 Å². The molecule has 0 amide bonds. The molecule has 0 radical (unpaired) electrons.